The summed E-state index contributed by atoms with van der Waals surface area (Å²) >= 11 is 0. The third kappa shape index (κ3) is 3.87. The van der Waals surface area contributed by atoms with E-state index in [4.69, 9.17) is 9.47 Å². The Balaban J connectivity index is 1.94. The molecule has 1 aromatic carbocycles. The number of ether oxygens (including phenoxy) is 2. The molecule has 1 aliphatic heterocycles. The molecule has 112 valence electrons. The number of rotatable bonds is 6. The number of benzene rings is 1. The van der Waals surface area contributed by atoms with Crippen LogP contribution in [0, 0.1) is 5.92 Å². The average Bonchev–Trinajstić information content (AvgIpc) is 2.50. The zero-order valence-corrected chi connectivity index (χ0v) is 12.8. The second-order valence-corrected chi connectivity index (χ2v) is 5.45. The molecule has 0 spiro atoms. The van der Waals surface area contributed by atoms with Crippen molar-refractivity contribution in [3.63, 3.8) is 0 Å². The van der Waals surface area contributed by atoms with Crippen LogP contribution in [0.25, 0.3) is 0 Å². The lowest BCUT2D eigenvalue weighted by molar-refractivity contribution is 0.175. The molecule has 1 saturated heterocycles. The van der Waals surface area contributed by atoms with Crippen molar-refractivity contribution >= 4 is 0 Å². The zero-order valence-electron chi connectivity index (χ0n) is 12.8. The number of methoxy groups -OCH3 is 2. The molecule has 20 heavy (non-hydrogen) atoms. The van der Waals surface area contributed by atoms with Crippen LogP contribution in [-0.2, 0) is 6.54 Å². The van der Waals surface area contributed by atoms with Gasteiger partial charge in [0.05, 0.1) is 14.2 Å². The highest BCUT2D eigenvalue weighted by molar-refractivity contribution is 5.40. The Bertz CT molecular complexity index is 415. The van der Waals surface area contributed by atoms with E-state index in [2.05, 4.69) is 16.3 Å². The smallest absolute Gasteiger partial charge is 0.127 e. The molecule has 0 unspecified atom stereocenters. The van der Waals surface area contributed by atoms with E-state index in [-0.39, 0.29) is 0 Å². The Kier molecular flexibility index (Phi) is 5.68. The highest BCUT2D eigenvalue weighted by atomic mass is 16.5. The summed E-state index contributed by atoms with van der Waals surface area (Å²) in [6.07, 6.45) is 2.55. The lowest BCUT2D eigenvalue weighted by Gasteiger charge is -2.32. The highest BCUT2D eigenvalue weighted by Crippen LogP contribution is 2.27. The molecule has 4 nitrogen and oxygen atoms in total. The van der Waals surface area contributed by atoms with Crippen molar-refractivity contribution < 1.29 is 9.47 Å². The van der Waals surface area contributed by atoms with E-state index in [1.165, 1.54) is 31.5 Å². The average molecular weight is 278 g/mol. The van der Waals surface area contributed by atoms with Gasteiger partial charge in [0, 0.05) is 18.2 Å². The molecule has 0 saturated carbocycles. The van der Waals surface area contributed by atoms with Crippen LogP contribution >= 0.6 is 0 Å². The maximum atomic E-state index is 5.47. The molecule has 1 aliphatic rings. The summed E-state index contributed by atoms with van der Waals surface area (Å²) in [5.74, 6) is 2.59. The lowest BCUT2D eigenvalue weighted by atomic mass is 9.96. The Morgan fingerprint density at radius 3 is 2.55 bits per heavy atom. The SMILES string of the molecule is CNCC1CCN(Cc2ccc(OC)cc2OC)CC1. The van der Waals surface area contributed by atoms with Crippen LogP contribution in [0.2, 0.25) is 0 Å². The molecule has 1 fully saturated rings. The Hall–Kier alpha value is -1.26. The summed E-state index contributed by atoms with van der Waals surface area (Å²) < 4.78 is 10.7. The maximum Gasteiger partial charge on any atom is 0.127 e. The molecule has 0 atom stereocenters. The van der Waals surface area contributed by atoms with Crippen molar-refractivity contribution in [2.45, 2.75) is 19.4 Å². The van der Waals surface area contributed by atoms with E-state index in [0.29, 0.717) is 0 Å². The van der Waals surface area contributed by atoms with E-state index >= 15 is 0 Å². The first-order chi connectivity index (χ1) is 9.76. The number of hydrogen-bond donors (Lipinski definition) is 1. The Labute approximate surface area is 122 Å². The van der Waals surface area contributed by atoms with Crippen molar-refractivity contribution in [2.75, 3.05) is 40.9 Å². The molecule has 1 aromatic rings. The molecule has 0 amide bonds. The van der Waals surface area contributed by atoms with Crippen LogP contribution in [0.3, 0.4) is 0 Å². The minimum absolute atomic E-state index is 0.828. The summed E-state index contributed by atoms with van der Waals surface area (Å²) in [5.41, 5.74) is 1.24. The van der Waals surface area contributed by atoms with E-state index < -0.39 is 0 Å². The molecule has 0 radical (unpaired) electrons. The first-order valence-corrected chi connectivity index (χ1v) is 7.34. The molecule has 4 heteroatoms. The molecular formula is C16H26N2O2. The number of piperidine rings is 1. The van der Waals surface area contributed by atoms with Crippen LogP contribution in [0.5, 0.6) is 11.5 Å². The monoisotopic (exact) mass is 278 g/mol. The van der Waals surface area contributed by atoms with Gasteiger partial charge in [-0.3, -0.25) is 4.90 Å². The topological polar surface area (TPSA) is 33.7 Å². The van der Waals surface area contributed by atoms with Gasteiger partial charge in [-0.15, -0.1) is 0 Å². The summed E-state index contributed by atoms with van der Waals surface area (Å²) in [4.78, 5) is 2.51. The quantitative estimate of drug-likeness (QED) is 0.864. The van der Waals surface area contributed by atoms with Gasteiger partial charge in [0.15, 0.2) is 0 Å². The van der Waals surface area contributed by atoms with E-state index in [1.54, 1.807) is 14.2 Å². The summed E-state index contributed by atoms with van der Waals surface area (Å²) in [6.45, 7) is 4.43. The van der Waals surface area contributed by atoms with Crippen LogP contribution in [0.4, 0.5) is 0 Å². The van der Waals surface area contributed by atoms with Crippen molar-refractivity contribution in [3.05, 3.63) is 23.8 Å². The van der Waals surface area contributed by atoms with E-state index in [0.717, 1.165) is 30.5 Å². The third-order valence-corrected chi connectivity index (χ3v) is 4.09. The minimum Gasteiger partial charge on any atom is -0.497 e. The molecular weight excluding hydrogens is 252 g/mol. The van der Waals surface area contributed by atoms with Crippen LogP contribution in [-0.4, -0.2) is 45.8 Å². The van der Waals surface area contributed by atoms with Gasteiger partial charge >= 0.3 is 0 Å². The highest BCUT2D eigenvalue weighted by Gasteiger charge is 2.19. The molecule has 0 aliphatic carbocycles. The molecule has 0 bridgehead atoms. The first-order valence-electron chi connectivity index (χ1n) is 7.34. The van der Waals surface area contributed by atoms with Crippen LogP contribution in [0.1, 0.15) is 18.4 Å². The van der Waals surface area contributed by atoms with Crippen molar-refractivity contribution in [3.8, 4) is 11.5 Å². The minimum atomic E-state index is 0.828. The van der Waals surface area contributed by atoms with Crippen molar-refractivity contribution in [2.24, 2.45) is 5.92 Å². The lowest BCUT2D eigenvalue weighted by Crippen LogP contribution is -2.36. The first kappa shape index (κ1) is 15.1. The van der Waals surface area contributed by atoms with E-state index in [1.807, 2.05) is 19.2 Å². The maximum absolute atomic E-state index is 5.47. The predicted octanol–water partition coefficient (Wildman–Crippen LogP) is 2.14. The largest absolute Gasteiger partial charge is 0.497 e. The molecule has 1 heterocycles. The molecule has 1 N–H and O–H groups in total. The fraction of sp³-hybridized carbons (Fsp3) is 0.625. The number of likely N-dealkylation sites (tertiary alicyclic amines) is 1. The summed E-state index contributed by atoms with van der Waals surface area (Å²) in [6, 6.07) is 6.08. The van der Waals surface area contributed by atoms with Gasteiger partial charge in [-0.05, 0) is 51.5 Å². The molecule has 0 aromatic heterocycles. The molecule has 2 rings (SSSR count). The van der Waals surface area contributed by atoms with Gasteiger partial charge in [-0.25, -0.2) is 0 Å². The van der Waals surface area contributed by atoms with Gasteiger partial charge < -0.3 is 14.8 Å². The fourth-order valence-corrected chi connectivity index (χ4v) is 2.86. The Morgan fingerprint density at radius 2 is 1.95 bits per heavy atom. The van der Waals surface area contributed by atoms with Gasteiger partial charge in [0.25, 0.3) is 0 Å². The summed E-state index contributed by atoms with van der Waals surface area (Å²) in [5, 5.41) is 3.28. The predicted molar refractivity (Wildman–Crippen MR) is 81.5 cm³/mol. The van der Waals surface area contributed by atoms with Gasteiger partial charge in [-0.2, -0.15) is 0 Å². The number of nitrogens with one attached hydrogen (secondary N) is 1. The second kappa shape index (κ2) is 7.50. The van der Waals surface area contributed by atoms with Crippen molar-refractivity contribution in [1.29, 1.82) is 0 Å². The normalized spacial score (nSPS) is 17.1. The van der Waals surface area contributed by atoms with Gasteiger partial charge in [-0.1, -0.05) is 6.07 Å². The Morgan fingerprint density at radius 1 is 1.20 bits per heavy atom. The van der Waals surface area contributed by atoms with E-state index in [9.17, 15) is 0 Å². The van der Waals surface area contributed by atoms with Gasteiger partial charge in [0.2, 0.25) is 0 Å². The zero-order chi connectivity index (χ0) is 14.4. The standard InChI is InChI=1S/C16H26N2O2/c1-17-11-13-6-8-18(9-7-13)12-14-4-5-15(19-2)10-16(14)20-3/h4-5,10,13,17H,6-9,11-12H2,1-3H3. The number of nitrogens with zero attached hydrogens (tertiary/aromatic N) is 1. The summed E-state index contributed by atoms with van der Waals surface area (Å²) in [7, 11) is 5.44. The number of hydrogen-bond acceptors (Lipinski definition) is 4. The third-order valence-electron chi connectivity index (χ3n) is 4.09. The van der Waals surface area contributed by atoms with Gasteiger partial charge in [0.1, 0.15) is 11.5 Å². The van der Waals surface area contributed by atoms with Crippen LogP contribution in [0.15, 0.2) is 18.2 Å². The second-order valence-electron chi connectivity index (χ2n) is 5.45. The van der Waals surface area contributed by atoms with Crippen LogP contribution < -0.4 is 14.8 Å². The fourth-order valence-electron chi connectivity index (χ4n) is 2.86. The van der Waals surface area contributed by atoms with Crippen molar-refractivity contribution in [1.82, 2.24) is 10.2 Å².